The molecule has 0 aliphatic carbocycles. The van der Waals surface area contributed by atoms with Crippen molar-refractivity contribution in [3.05, 3.63) is 40.6 Å². The third-order valence-electron chi connectivity index (χ3n) is 2.24. The molecule has 72 valence electrons. The molecule has 0 saturated heterocycles. The average molecular weight is 220 g/mol. The van der Waals surface area contributed by atoms with E-state index in [0.717, 1.165) is 0 Å². The summed E-state index contributed by atoms with van der Waals surface area (Å²) in [7, 11) is 0. The first-order chi connectivity index (χ1) is 6.81. The zero-order chi connectivity index (χ0) is 9.97. The van der Waals surface area contributed by atoms with E-state index in [1.54, 1.807) is 23.1 Å². The molecule has 2 aromatic rings. The standard InChI is InChI=1S/C12H12S2/c1-9-7-14-8-12(9)10-4-3-5-11(6-10)13-2/h3-8H,1-2H3. The molecule has 0 atom stereocenters. The lowest BCUT2D eigenvalue weighted by Crippen LogP contribution is -1.77. The van der Waals surface area contributed by atoms with Crippen molar-refractivity contribution in [2.45, 2.75) is 11.8 Å². The Kier molecular flexibility index (Phi) is 2.94. The normalized spacial score (nSPS) is 10.4. The van der Waals surface area contributed by atoms with E-state index in [9.17, 15) is 0 Å². The van der Waals surface area contributed by atoms with Crippen molar-refractivity contribution in [3.8, 4) is 11.1 Å². The van der Waals surface area contributed by atoms with Crippen LogP contribution in [0.1, 0.15) is 5.56 Å². The lowest BCUT2D eigenvalue weighted by molar-refractivity contribution is 1.44. The lowest BCUT2D eigenvalue weighted by atomic mass is 10.1. The topological polar surface area (TPSA) is 0 Å². The molecule has 0 N–H and O–H groups in total. The number of thioether (sulfide) groups is 1. The Hall–Kier alpha value is -0.730. The van der Waals surface area contributed by atoms with Gasteiger partial charge in [-0.05, 0) is 52.8 Å². The van der Waals surface area contributed by atoms with Crippen LogP contribution in [0.25, 0.3) is 11.1 Å². The maximum absolute atomic E-state index is 2.25. The van der Waals surface area contributed by atoms with Gasteiger partial charge >= 0.3 is 0 Å². The highest BCUT2D eigenvalue weighted by Crippen LogP contribution is 2.29. The highest BCUT2D eigenvalue weighted by atomic mass is 32.2. The fraction of sp³-hybridized carbons (Fsp3) is 0.167. The van der Waals surface area contributed by atoms with Gasteiger partial charge in [-0.15, -0.1) is 11.8 Å². The Morgan fingerprint density at radius 1 is 1.21 bits per heavy atom. The molecule has 0 bridgehead atoms. The van der Waals surface area contributed by atoms with Gasteiger partial charge in [0.15, 0.2) is 0 Å². The summed E-state index contributed by atoms with van der Waals surface area (Å²) in [5, 5.41) is 4.41. The number of hydrogen-bond acceptors (Lipinski definition) is 2. The maximum Gasteiger partial charge on any atom is 0.00753 e. The van der Waals surface area contributed by atoms with Crippen molar-refractivity contribution >= 4 is 23.1 Å². The molecule has 0 unspecified atom stereocenters. The van der Waals surface area contributed by atoms with Gasteiger partial charge in [0.2, 0.25) is 0 Å². The minimum Gasteiger partial charge on any atom is -0.151 e. The Labute approximate surface area is 93.0 Å². The van der Waals surface area contributed by atoms with E-state index in [-0.39, 0.29) is 0 Å². The van der Waals surface area contributed by atoms with E-state index < -0.39 is 0 Å². The second-order valence-electron chi connectivity index (χ2n) is 3.20. The van der Waals surface area contributed by atoms with E-state index in [2.05, 4.69) is 48.2 Å². The second-order valence-corrected chi connectivity index (χ2v) is 4.82. The monoisotopic (exact) mass is 220 g/mol. The van der Waals surface area contributed by atoms with E-state index in [1.165, 1.54) is 21.6 Å². The van der Waals surface area contributed by atoms with Gasteiger partial charge in [-0.1, -0.05) is 12.1 Å². The smallest absolute Gasteiger partial charge is 0.00753 e. The van der Waals surface area contributed by atoms with Crippen LogP contribution in [-0.4, -0.2) is 6.26 Å². The van der Waals surface area contributed by atoms with Crippen molar-refractivity contribution in [1.29, 1.82) is 0 Å². The highest BCUT2D eigenvalue weighted by molar-refractivity contribution is 7.98. The van der Waals surface area contributed by atoms with E-state index in [4.69, 9.17) is 0 Å². The molecule has 0 fully saturated rings. The molecular formula is C12H12S2. The number of thiophene rings is 1. The van der Waals surface area contributed by atoms with Gasteiger partial charge in [-0.3, -0.25) is 0 Å². The molecule has 0 saturated carbocycles. The van der Waals surface area contributed by atoms with Crippen molar-refractivity contribution in [2.24, 2.45) is 0 Å². The van der Waals surface area contributed by atoms with Crippen molar-refractivity contribution < 1.29 is 0 Å². The van der Waals surface area contributed by atoms with Crippen LogP contribution < -0.4 is 0 Å². The molecule has 0 nitrogen and oxygen atoms in total. The molecule has 1 heterocycles. The van der Waals surface area contributed by atoms with Crippen LogP contribution in [0.4, 0.5) is 0 Å². The molecule has 1 aromatic carbocycles. The highest BCUT2D eigenvalue weighted by Gasteiger charge is 2.02. The summed E-state index contributed by atoms with van der Waals surface area (Å²) in [5.74, 6) is 0. The number of aryl methyl sites for hydroxylation is 1. The maximum atomic E-state index is 2.25. The first kappa shape index (κ1) is 9.81. The molecule has 0 spiro atoms. The minimum atomic E-state index is 1.33. The van der Waals surface area contributed by atoms with Crippen LogP contribution in [0.15, 0.2) is 39.9 Å². The largest absolute Gasteiger partial charge is 0.151 e. The summed E-state index contributed by atoms with van der Waals surface area (Å²) in [6, 6.07) is 8.70. The molecule has 14 heavy (non-hydrogen) atoms. The SMILES string of the molecule is CSc1cccc(-c2cscc2C)c1. The fourth-order valence-corrected chi connectivity index (χ4v) is 2.76. The van der Waals surface area contributed by atoms with Gasteiger partial charge < -0.3 is 0 Å². The van der Waals surface area contributed by atoms with Gasteiger partial charge in [-0.2, -0.15) is 11.3 Å². The summed E-state index contributed by atoms with van der Waals surface area (Å²) in [6.07, 6.45) is 2.11. The van der Waals surface area contributed by atoms with Crippen molar-refractivity contribution in [3.63, 3.8) is 0 Å². The quantitative estimate of drug-likeness (QED) is 0.674. The van der Waals surface area contributed by atoms with Crippen LogP contribution >= 0.6 is 23.1 Å². The number of rotatable bonds is 2. The van der Waals surface area contributed by atoms with Crippen molar-refractivity contribution in [2.75, 3.05) is 6.26 Å². The second kappa shape index (κ2) is 4.20. The molecule has 0 aliphatic rings. The van der Waals surface area contributed by atoms with Gasteiger partial charge in [0.05, 0.1) is 0 Å². The Bertz CT molecular complexity index is 429. The van der Waals surface area contributed by atoms with Crippen LogP contribution in [0.3, 0.4) is 0 Å². The zero-order valence-corrected chi connectivity index (χ0v) is 9.91. The zero-order valence-electron chi connectivity index (χ0n) is 8.28. The number of benzene rings is 1. The Morgan fingerprint density at radius 3 is 2.71 bits per heavy atom. The van der Waals surface area contributed by atoms with Crippen LogP contribution in [0, 0.1) is 6.92 Å². The Morgan fingerprint density at radius 2 is 2.07 bits per heavy atom. The van der Waals surface area contributed by atoms with Crippen LogP contribution in [-0.2, 0) is 0 Å². The first-order valence-corrected chi connectivity index (χ1v) is 6.65. The molecular weight excluding hydrogens is 208 g/mol. The van der Waals surface area contributed by atoms with E-state index in [0.29, 0.717) is 0 Å². The van der Waals surface area contributed by atoms with Gasteiger partial charge in [0.1, 0.15) is 0 Å². The Balaban J connectivity index is 2.47. The summed E-state index contributed by atoms with van der Waals surface area (Å²) in [5.41, 5.74) is 4.06. The third-order valence-corrected chi connectivity index (χ3v) is 3.82. The van der Waals surface area contributed by atoms with E-state index in [1.807, 2.05) is 0 Å². The predicted molar refractivity (Wildman–Crippen MR) is 66.3 cm³/mol. The fourth-order valence-electron chi connectivity index (χ4n) is 1.45. The average Bonchev–Trinajstić information content (AvgIpc) is 2.65. The van der Waals surface area contributed by atoms with E-state index >= 15 is 0 Å². The van der Waals surface area contributed by atoms with Gasteiger partial charge in [0, 0.05) is 4.90 Å². The molecule has 2 heteroatoms. The predicted octanol–water partition coefficient (Wildman–Crippen LogP) is 4.45. The lowest BCUT2D eigenvalue weighted by Gasteiger charge is -2.02. The summed E-state index contributed by atoms with van der Waals surface area (Å²) in [6.45, 7) is 2.16. The molecule has 0 aliphatic heterocycles. The third kappa shape index (κ3) is 1.86. The summed E-state index contributed by atoms with van der Waals surface area (Å²) in [4.78, 5) is 1.33. The minimum absolute atomic E-state index is 1.33. The molecule has 0 radical (unpaired) electrons. The van der Waals surface area contributed by atoms with Gasteiger partial charge in [-0.25, -0.2) is 0 Å². The van der Waals surface area contributed by atoms with Gasteiger partial charge in [0.25, 0.3) is 0 Å². The molecule has 0 amide bonds. The summed E-state index contributed by atoms with van der Waals surface area (Å²) >= 11 is 3.56. The van der Waals surface area contributed by atoms with Crippen LogP contribution in [0.2, 0.25) is 0 Å². The number of hydrogen-bond donors (Lipinski definition) is 0. The van der Waals surface area contributed by atoms with Crippen LogP contribution in [0.5, 0.6) is 0 Å². The molecule has 2 rings (SSSR count). The molecule has 1 aromatic heterocycles. The summed E-state index contributed by atoms with van der Waals surface area (Å²) < 4.78 is 0. The van der Waals surface area contributed by atoms with Crippen molar-refractivity contribution in [1.82, 2.24) is 0 Å². The first-order valence-electron chi connectivity index (χ1n) is 4.48.